The number of rotatable bonds is 3. The fourth-order valence-corrected chi connectivity index (χ4v) is 2.43. The van der Waals surface area contributed by atoms with E-state index in [2.05, 4.69) is 15.3 Å². The van der Waals surface area contributed by atoms with Crippen molar-refractivity contribution < 1.29 is 9.59 Å². The van der Waals surface area contributed by atoms with Gasteiger partial charge in [0, 0.05) is 5.56 Å². The molecule has 0 spiro atoms. The van der Waals surface area contributed by atoms with Gasteiger partial charge in [0.1, 0.15) is 22.8 Å². The molecular weight excluding hydrogens is 280 g/mol. The second-order valence-electron chi connectivity index (χ2n) is 5.24. The summed E-state index contributed by atoms with van der Waals surface area (Å²) in [5, 5.41) is 2.71. The third-order valence-electron chi connectivity index (χ3n) is 3.41. The summed E-state index contributed by atoms with van der Waals surface area (Å²) in [6.45, 7) is 5.59. The lowest BCUT2D eigenvalue weighted by Crippen LogP contribution is -2.64. The van der Waals surface area contributed by atoms with Gasteiger partial charge >= 0.3 is 0 Å². The number of carbonyl (C=O) groups excluding carboxylic acids is 2. The van der Waals surface area contributed by atoms with Crippen LogP contribution < -0.4 is 10.2 Å². The Bertz CT molecular complexity index is 559. The normalized spacial score (nSPS) is 18.1. The summed E-state index contributed by atoms with van der Waals surface area (Å²) in [6, 6.07) is 0. The van der Waals surface area contributed by atoms with Crippen molar-refractivity contribution >= 4 is 29.2 Å². The van der Waals surface area contributed by atoms with E-state index in [1.54, 1.807) is 18.7 Å². The van der Waals surface area contributed by atoms with Gasteiger partial charge in [-0.25, -0.2) is 9.97 Å². The number of nitrogens with zero attached hydrogens (tertiary/aromatic N) is 3. The lowest BCUT2D eigenvalue weighted by atomic mass is 9.97. The molecule has 2 heterocycles. The molecule has 0 unspecified atom stereocenters. The van der Waals surface area contributed by atoms with Gasteiger partial charge in [-0.3, -0.25) is 14.9 Å². The van der Waals surface area contributed by atoms with E-state index in [0.717, 1.165) is 12.0 Å². The molecule has 1 aliphatic rings. The van der Waals surface area contributed by atoms with Crippen LogP contribution in [0.1, 0.15) is 32.8 Å². The van der Waals surface area contributed by atoms with Crippen molar-refractivity contribution in [1.29, 1.82) is 0 Å². The Morgan fingerprint density at radius 1 is 1.40 bits per heavy atom. The second-order valence-corrected chi connectivity index (χ2v) is 5.60. The lowest BCUT2D eigenvalue weighted by Gasteiger charge is -2.41. The lowest BCUT2D eigenvalue weighted by molar-refractivity contribution is -0.135. The van der Waals surface area contributed by atoms with E-state index in [1.165, 1.54) is 6.33 Å². The predicted octanol–water partition coefficient (Wildman–Crippen LogP) is 1.32. The molecule has 108 valence electrons. The number of aromatic nitrogens is 2. The van der Waals surface area contributed by atoms with E-state index >= 15 is 0 Å². The van der Waals surface area contributed by atoms with Crippen LogP contribution in [-0.4, -0.2) is 33.9 Å². The maximum Gasteiger partial charge on any atom is 0.251 e. The molecule has 7 heteroatoms. The van der Waals surface area contributed by atoms with E-state index < -0.39 is 5.54 Å². The number of hydrogen-bond acceptors (Lipinski definition) is 5. The van der Waals surface area contributed by atoms with Crippen molar-refractivity contribution in [1.82, 2.24) is 15.3 Å². The van der Waals surface area contributed by atoms with E-state index in [1.807, 2.05) is 6.92 Å². The van der Waals surface area contributed by atoms with Gasteiger partial charge in [0.15, 0.2) is 0 Å². The predicted molar refractivity (Wildman–Crippen MR) is 75.6 cm³/mol. The third kappa shape index (κ3) is 2.47. The Kier molecular flexibility index (Phi) is 3.94. The van der Waals surface area contributed by atoms with Gasteiger partial charge < -0.3 is 4.90 Å². The average molecular weight is 297 g/mol. The highest BCUT2D eigenvalue weighted by Gasteiger charge is 2.42. The van der Waals surface area contributed by atoms with Crippen molar-refractivity contribution in [3.05, 3.63) is 17.0 Å². The zero-order chi connectivity index (χ0) is 14.9. The quantitative estimate of drug-likeness (QED) is 0.672. The molecule has 0 aliphatic carbocycles. The number of carbonyl (C=O) groups is 2. The molecular formula is C13H17ClN4O2. The Morgan fingerprint density at radius 3 is 2.75 bits per heavy atom. The first-order valence-electron chi connectivity index (χ1n) is 6.49. The fraction of sp³-hybridized carbons (Fsp3) is 0.538. The molecule has 20 heavy (non-hydrogen) atoms. The molecule has 2 amide bonds. The number of imide groups is 1. The van der Waals surface area contributed by atoms with Gasteiger partial charge in [-0.05, 0) is 20.3 Å². The molecule has 1 saturated heterocycles. The topological polar surface area (TPSA) is 75.2 Å². The second kappa shape index (κ2) is 5.36. The van der Waals surface area contributed by atoms with Crippen molar-refractivity contribution in [3.63, 3.8) is 0 Å². The minimum absolute atomic E-state index is 0.0722. The molecule has 0 radical (unpaired) electrons. The highest BCUT2D eigenvalue weighted by atomic mass is 35.5. The zero-order valence-electron chi connectivity index (χ0n) is 11.7. The smallest absolute Gasteiger partial charge is 0.251 e. The van der Waals surface area contributed by atoms with Crippen LogP contribution in [0.2, 0.25) is 5.15 Å². The van der Waals surface area contributed by atoms with Crippen LogP contribution in [-0.2, 0) is 16.0 Å². The molecule has 1 fully saturated rings. The number of hydrogen-bond donors (Lipinski definition) is 1. The van der Waals surface area contributed by atoms with Crippen molar-refractivity contribution in [2.45, 2.75) is 39.2 Å². The summed E-state index contributed by atoms with van der Waals surface area (Å²) < 4.78 is 0. The molecule has 1 aliphatic heterocycles. The maximum atomic E-state index is 12.0. The fourth-order valence-electron chi connectivity index (χ4n) is 2.20. The highest BCUT2D eigenvalue weighted by Crippen LogP contribution is 2.31. The Balaban J connectivity index is 2.51. The minimum atomic E-state index is -0.867. The van der Waals surface area contributed by atoms with Crippen LogP contribution in [0.25, 0.3) is 0 Å². The monoisotopic (exact) mass is 296 g/mol. The Morgan fingerprint density at radius 2 is 2.10 bits per heavy atom. The van der Waals surface area contributed by atoms with Gasteiger partial charge in [0.2, 0.25) is 5.91 Å². The molecule has 6 nitrogen and oxygen atoms in total. The first-order chi connectivity index (χ1) is 9.37. The molecule has 0 saturated carbocycles. The minimum Gasteiger partial charge on any atom is -0.333 e. The molecule has 0 bridgehead atoms. The van der Waals surface area contributed by atoms with Gasteiger partial charge in [0.25, 0.3) is 5.91 Å². The number of anilines is 1. The van der Waals surface area contributed by atoms with Crippen LogP contribution in [0, 0.1) is 0 Å². The maximum absolute atomic E-state index is 12.0. The van der Waals surface area contributed by atoms with E-state index in [-0.39, 0.29) is 18.4 Å². The van der Waals surface area contributed by atoms with Crippen LogP contribution in [0.5, 0.6) is 0 Å². The number of nitrogens with one attached hydrogen (secondary N) is 1. The van der Waals surface area contributed by atoms with Gasteiger partial charge in [-0.15, -0.1) is 0 Å². The summed E-state index contributed by atoms with van der Waals surface area (Å²) in [7, 11) is 0. The molecule has 2 rings (SSSR count). The number of amides is 2. The van der Waals surface area contributed by atoms with E-state index in [9.17, 15) is 9.59 Å². The summed E-state index contributed by atoms with van der Waals surface area (Å²) in [6.07, 6.45) is 2.91. The van der Waals surface area contributed by atoms with Gasteiger partial charge in [-0.1, -0.05) is 24.9 Å². The standard InChI is InChI=1S/C13H17ClN4O2/c1-4-5-8-10(14)15-7-16-11(8)18-6-9(19)17-12(20)13(18,2)3/h7H,4-6H2,1-3H3,(H,17,19,20). The van der Waals surface area contributed by atoms with Crippen LogP contribution >= 0.6 is 11.6 Å². The first kappa shape index (κ1) is 14.7. The summed E-state index contributed by atoms with van der Waals surface area (Å²) >= 11 is 6.13. The largest absolute Gasteiger partial charge is 0.333 e. The SMILES string of the molecule is CCCc1c(Cl)ncnc1N1CC(=O)NC(=O)C1(C)C. The number of piperazine rings is 1. The molecule has 0 aromatic carbocycles. The van der Waals surface area contributed by atoms with E-state index in [4.69, 9.17) is 11.6 Å². The van der Waals surface area contributed by atoms with Gasteiger partial charge in [-0.2, -0.15) is 0 Å². The van der Waals surface area contributed by atoms with E-state index in [0.29, 0.717) is 17.4 Å². The Hall–Kier alpha value is -1.69. The average Bonchev–Trinajstić information content (AvgIpc) is 2.37. The zero-order valence-corrected chi connectivity index (χ0v) is 12.5. The van der Waals surface area contributed by atoms with Crippen molar-refractivity contribution in [3.8, 4) is 0 Å². The van der Waals surface area contributed by atoms with Crippen molar-refractivity contribution in [2.24, 2.45) is 0 Å². The van der Waals surface area contributed by atoms with Gasteiger partial charge in [0.05, 0.1) is 6.54 Å². The summed E-state index contributed by atoms with van der Waals surface area (Å²) in [4.78, 5) is 33.6. The first-order valence-corrected chi connectivity index (χ1v) is 6.87. The van der Waals surface area contributed by atoms with Crippen LogP contribution in [0.3, 0.4) is 0 Å². The molecule has 1 aromatic heterocycles. The summed E-state index contributed by atoms with van der Waals surface area (Å²) in [5.74, 6) is -0.127. The van der Waals surface area contributed by atoms with Crippen LogP contribution in [0.15, 0.2) is 6.33 Å². The highest BCUT2D eigenvalue weighted by molar-refractivity contribution is 6.30. The molecule has 0 atom stereocenters. The van der Waals surface area contributed by atoms with Crippen LogP contribution in [0.4, 0.5) is 5.82 Å². The van der Waals surface area contributed by atoms with Crippen molar-refractivity contribution in [2.75, 3.05) is 11.4 Å². The summed E-state index contributed by atoms with van der Waals surface area (Å²) in [5.41, 5.74) is -0.0964. The molecule has 1 N–H and O–H groups in total. The Labute approximate surface area is 122 Å². The number of halogens is 1. The molecule has 1 aromatic rings. The third-order valence-corrected chi connectivity index (χ3v) is 3.74.